The molecule has 28 heavy (non-hydrogen) atoms. The molecule has 0 saturated heterocycles. The summed E-state index contributed by atoms with van der Waals surface area (Å²) in [4.78, 5) is 24.8. The average molecular weight is 409 g/mol. The van der Waals surface area contributed by atoms with Gasteiger partial charge < -0.3 is 23.7 Å². The van der Waals surface area contributed by atoms with Gasteiger partial charge in [0.2, 0.25) is 5.78 Å². The Kier molecular flexibility index (Phi) is 7.52. The van der Waals surface area contributed by atoms with Crippen molar-refractivity contribution in [1.82, 2.24) is 0 Å². The maximum Gasteiger partial charge on any atom is 0.338 e. The molecule has 0 spiro atoms. The summed E-state index contributed by atoms with van der Waals surface area (Å²) in [7, 11) is 4.36. The fourth-order valence-electron chi connectivity index (χ4n) is 2.45. The zero-order valence-corrected chi connectivity index (χ0v) is 16.8. The number of Topliss-reactive ketones (excluding diaryl/α,β-unsaturated/α-hetero) is 1. The van der Waals surface area contributed by atoms with Crippen LogP contribution in [0.15, 0.2) is 30.3 Å². The van der Waals surface area contributed by atoms with Gasteiger partial charge in [0.15, 0.2) is 18.1 Å². The number of halogens is 1. The van der Waals surface area contributed by atoms with Gasteiger partial charge in [0.05, 0.1) is 44.1 Å². The van der Waals surface area contributed by atoms with Gasteiger partial charge >= 0.3 is 5.97 Å². The summed E-state index contributed by atoms with van der Waals surface area (Å²) in [5.41, 5.74) is 0.382. The molecule has 8 heteroatoms. The molecule has 2 aromatic rings. The summed E-state index contributed by atoms with van der Waals surface area (Å²) < 4.78 is 26.0. The molecule has 0 atom stereocenters. The van der Waals surface area contributed by atoms with Crippen molar-refractivity contribution in [2.24, 2.45) is 0 Å². The Morgan fingerprint density at radius 2 is 1.68 bits per heavy atom. The van der Waals surface area contributed by atoms with E-state index in [0.717, 1.165) is 0 Å². The van der Waals surface area contributed by atoms with Gasteiger partial charge in [-0.05, 0) is 37.3 Å². The first-order valence-electron chi connectivity index (χ1n) is 8.37. The molecule has 0 radical (unpaired) electrons. The lowest BCUT2D eigenvalue weighted by molar-refractivity contribution is 0.0473. The van der Waals surface area contributed by atoms with Gasteiger partial charge in [0.1, 0.15) is 11.5 Å². The van der Waals surface area contributed by atoms with Crippen LogP contribution < -0.4 is 18.9 Å². The van der Waals surface area contributed by atoms with Crippen molar-refractivity contribution in [3.05, 3.63) is 46.5 Å². The minimum Gasteiger partial charge on any atom is -0.497 e. The first-order chi connectivity index (χ1) is 13.4. The second kappa shape index (κ2) is 9.85. The van der Waals surface area contributed by atoms with Gasteiger partial charge in [-0.3, -0.25) is 4.79 Å². The predicted molar refractivity (Wildman–Crippen MR) is 103 cm³/mol. The van der Waals surface area contributed by atoms with Crippen molar-refractivity contribution in [1.29, 1.82) is 0 Å². The lowest BCUT2D eigenvalue weighted by Gasteiger charge is -2.13. The second-order valence-electron chi connectivity index (χ2n) is 5.49. The minimum atomic E-state index is -0.724. The molecule has 0 aliphatic carbocycles. The number of carbonyl (C=O) groups is 2. The van der Waals surface area contributed by atoms with E-state index < -0.39 is 18.4 Å². The van der Waals surface area contributed by atoms with Crippen molar-refractivity contribution in [2.45, 2.75) is 6.92 Å². The summed E-state index contributed by atoms with van der Waals surface area (Å²) in [6.07, 6.45) is 0. The van der Waals surface area contributed by atoms with Gasteiger partial charge in [-0.1, -0.05) is 11.6 Å². The van der Waals surface area contributed by atoms with Crippen LogP contribution in [0, 0.1) is 0 Å². The molecule has 0 aromatic heterocycles. The summed E-state index contributed by atoms with van der Waals surface area (Å²) in [5, 5.41) is 0.203. The fourth-order valence-corrected chi connectivity index (χ4v) is 2.71. The fraction of sp³-hybridized carbons (Fsp3) is 0.300. The van der Waals surface area contributed by atoms with Crippen molar-refractivity contribution >= 4 is 23.4 Å². The van der Waals surface area contributed by atoms with Crippen LogP contribution in [-0.4, -0.2) is 46.3 Å². The monoisotopic (exact) mass is 408 g/mol. The largest absolute Gasteiger partial charge is 0.497 e. The quantitative estimate of drug-likeness (QED) is 0.461. The number of ether oxygens (including phenoxy) is 5. The van der Waals surface area contributed by atoms with Gasteiger partial charge in [-0.25, -0.2) is 4.79 Å². The summed E-state index contributed by atoms with van der Waals surface area (Å²) >= 11 is 6.16. The number of methoxy groups -OCH3 is 3. The molecule has 0 bridgehead atoms. The molecule has 2 rings (SSSR count). The molecular formula is C20H21ClO7. The molecule has 0 saturated carbocycles. The van der Waals surface area contributed by atoms with E-state index in [1.54, 1.807) is 19.1 Å². The number of ketones is 1. The van der Waals surface area contributed by atoms with E-state index in [-0.39, 0.29) is 16.1 Å². The van der Waals surface area contributed by atoms with Crippen LogP contribution >= 0.6 is 11.6 Å². The van der Waals surface area contributed by atoms with Gasteiger partial charge in [-0.2, -0.15) is 0 Å². The van der Waals surface area contributed by atoms with Crippen molar-refractivity contribution in [3.63, 3.8) is 0 Å². The third-order valence-corrected chi connectivity index (χ3v) is 4.08. The smallest absolute Gasteiger partial charge is 0.338 e. The zero-order valence-electron chi connectivity index (χ0n) is 16.0. The topological polar surface area (TPSA) is 80.3 Å². The van der Waals surface area contributed by atoms with Crippen LogP contribution in [0.4, 0.5) is 0 Å². The Balaban J connectivity index is 2.16. The number of rotatable bonds is 9. The Morgan fingerprint density at radius 1 is 0.964 bits per heavy atom. The summed E-state index contributed by atoms with van der Waals surface area (Å²) in [6, 6.07) is 7.62. The first kappa shape index (κ1) is 21.4. The molecule has 0 unspecified atom stereocenters. The predicted octanol–water partition coefficient (Wildman–Crippen LogP) is 3.80. The minimum absolute atomic E-state index is 0.135. The summed E-state index contributed by atoms with van der Waals surface area (Å²) in [5.74, 6) is 0.306. The average Bonchev–Trinajstić information content (AvgIpc) is 2.72. The standard InChI is InChI=1S/C20H21ClO7/c1-5-27-19-15(21)8-12(9-18(19)26-4)20(23)28-11-16(22)14-10-13(24-2)6-7-17(14)25-3/h6-10H,5,11H2,1-4H3. The number of hydrogen-bond acceptors (Lipinski definition) is 7. The highest BCUT2D eigenvalue weighted by atomic mass is 35.5. The van der Waals surface area contributed by atoms with Crippen LogP contribution in [0.5, 0.6) is 23.0 Å². The Labute approximate surface area is 168 Å². The highest BCUT2D eigenvalue weighted by molar-refractivity contribution is 6.32. The third kappa shape index (κ3) is 4.86. The SMILES string of the molecule is CCOc1c(Cl)cc(C(=O)OCC(=O)c2cc(OC)ccc2OC)cc1OC. The molecule has 150 valence electrons. The molecule has 0 aliphatic rings. The van der Waals surface area contributed by atoms with E-state index in [1.165, 1.54) is 39.5 Å². The van der Waals surface area contributed by atoms with Crippen LogP contribution in [-0.2, 0) is 4.74 Å². The van der Waals surface area contributed by atoms with Crippen LogP contribution in [0.3, 0.4) is 0 Å². The van der Waals surface area contributed by atoms with Crippen LogP contribution in [0.2, 0.25) is 5.02 Å². The molecule has 0 N–H and O–H groups in total. The van der Waals surface area contributed by atoms with Crippen LogP contribution in [0.1, 0.15) is 27.6 Å². The Hall–Kier alpha value is -2.93. The Bertz CT molecular complexity index is 864. The maximum absolute atomic E-state index is 12.5. The van der Waals surface area contributed by atoms with E-state index in [9.17, 15) is 9.59 Å². The van der Waals surface area contributed by atoms with E-state index in [2.05, 4.69) is 0 Å². The Morgan fingerprint density at radius 3 is 2.29 bits per heavy atom. The van der Waals surface area contributed by atoms with Crippen molar-refractivity contribution in [2.75, 3.05) is 34.5 Å². The van der Waals surface area contributed by atoms with E-state index >= 15 is 0 Å². The first-order valence-corrected chi connectivity index (χ1v) is 8.75. The summed E-state index contributed by atoms with van der Waals surface area (Å²) in [6.45, 7) is 1.71. The highest BCUT2D eigenvalue weighted by Gasteiger charge is 2.19. The normalized spacial score (nSPS) is 10.2. The second-order valence-corrected chi connectivity index (χ2v) is 5.90. The molecule has 7 nitrogen and oxygen atoms in total. The molecular weight excluding hydrogens is 388 g/mol. The van der Waals surface area contributed by atoms with Crippen LogP contribution in [0.25, 0.3) is 0 Å². The van der Waals surface area contributed by atoms with E-state index in [0.29, 0.717) is 29.6 Å². The van der Waals surface area contributed by atoms with Gasteiger partial charge in [-0.15, -0.1) is 0 Å². The molecule has 0 amide bonds. The van der Waals surface area contributed by atoms with E-state index in [1.807, 2.05) is 0 Å². The zero-order chi connectivity index (χ0) is 20.7. The molecule has 2 aromatic carbocycles. The number of carbonyl (C=O) groups excluding carboxylic acids is 2. The number of benzene rings is 2. The third-order valence-electron chi connectivity index (χ3n) is 3.80. The molecule has 0 aliphatic heterocycles. The highest BCUT2D eigenvalue weighted by Crippen LogP contribution is 2.36. The lowest BCUT2D eigenvalue weighted by atomic mass is 10.1. The molecule has 0 heterocycles. The lowest BCUT2D eigenvalue weighted by Crippen LogP contribution is -2.15. The maximum atomic E-state index is 12.5. The molecule has 0 fully saturated rings. The number of hydrogen-bond donors (Lipinski definition) is 0. The van der Waals surface area contributed by atoms with Crippen molar-refractivity contribution in [3.8, 4) is 23.0 Å². The number of esters is 1. The van der Waals surface area contributed by atoms with Gasteiger partial charge in [0.25, 0.3) is 0 Å². The van der Waals surface area contributed by atoms with Gasteiger partial charge in [0, 0.05) is 0 Å². The van der Waals surface area contributed by atoms with Crippen molar-refractivity contribution < 1.29 is 33.3 Å². The van der Waals surface area contributed by atoms with E-state index in [4.69, 9.17) is 35.3 Å².